The Morgan fingerprint density at radius 2 is 2.08 bits per heavy atom. The number of benzene rings is 1. The molecule has 2 heterocycles. The van der Waals surface area contributed by atoms with Crippen molar-refractivity contribution in [3.05, 3.63) is 79.3 Å². The highest BCUT2D eigenvalue weighted by Crippen LogP contribution is 2.21. The number of anilines is 1. The summed E-state index contributed by atoms with van der Waals surface area (Å²) in [5.41, 5.74) is 7.01. The smallest absolute Gasteiger partial charge is 0.287 e. The van der Waals surface area contributed by atoms with Crippen molar-refractivity contribution in [2.45, 2.75) is 13.8 Å². The molecule has 0 aliphatic heterocycles. The monoisotopic (exact) mass is 461 g/mol. The fourth-order valence-electron chi connectivity index (χ4n) is 2.66. The van der Waals surface area contributed by atoms with Gasteiger partial charge in [-0.1, -0.05) is 6.07 Å². The molecule has 3 aromatic rings. The minimum atomic E-state index is -0.486. The Hall–Kier alpha value is -2.75. The minimum Gasteiger partial charge on any atom is -0.318 e. The number of hydrazone groups is 1. The fraction of sp³-hybridized carbons (Fsp3) is 0.111. The van der Waals surface area contributed by atoms with Gasteiger partial charge in [-0.3, -0.25) is 15.5 Å². The Labute approximate surface area is 164 Å². The zero-order valence-corrected chi connectivity index (χ0v) is 16.3. The van der Waals surface area contributed by atoms with E-state index >= 15 is 0 Å². The van der Waals surface area contributed by atoms with Crippen LogP contribution < -0.4 is 5.43 Å². The van der Waals surface area contributed by atoms with Crippen molar-refractivity contribution in [3.63, 3.8) is 0 Å². The van der Waals surface area contributed by atoms with E-state index in [1.165, 1.54) is 21.9 Å². The zero-order chi connectivity index (χ0) is 18.7. The molecule has 1 aromatic carbocycles. The third kappa shape index (κ3) is 3.90. The number of nitrogens with zero attached hydrogens (tertiary/aromatic N) is 4. The van der Waals surface area contributed by atoms with Crippen molar-refractivity contribution in [1.29, 1.82) is 0 Å². The number of hydrogen-bond donors (Lipinski definition) is 1. The predicted octanol–water partition coefficient (Wildman–Crippen LogP) is 4.45. The van der Waals surface area contributed by atoms with Crippen molar-refractivity contribution >= 4 is 40.3 Å². The van der Waals surface area contributed by atoms with Crippen molar-refractivity contribution in [3.8, 4) is 5.69 Å². The maximum atomic E-state index is 10.6. The van der Waals surface area contributed by atoms with Crippen molar-refractivity contribution in [2.24, 2.45) is 5.10 Å². The molecule has 0 saturated carbocycles. The van der Waals surface area contributed by atoms with Crippen LogP contribution in [-0.4, -0.2) is 20.7 Å². The van der Waals surface area contributed by atoms with Crippen LogP contribution in [0, 0.1) is 27.5 Å². The Balaban J connectivity index is 1.79. The molecule has 0 atom stereocenters. The molecule has 0 spiro atoms. The lowest BCUT2D eigenvalue weighted by molar-refractivity contribution is -0.385. The lowest BCUT2D eigenvalue weighted by atomic mass is 10.2. The molecule has 0 saturated heterocycles. The number of pyridine rings is 1. The summed E-state index contributed by atoms with van der Waals surface area (Å²) in [6, 6.07) is 13.2. The number of aromatic nitrogens is 2. The van der Waals surface area contributed by atoms with Crippen LogP contribution in [-0.2, 0) is 0 Å². The standard InChI is InChI=1S/C18H16IN5O2/c1-12-8-14(13(2)23(12)16-5-3-4-15(19)9-16)10-21-22-18-7-6-17(11-20-18)24(25)26/h3-11H,1-2H3,(H,20,22). The molecular formula is C18H16IN5O2. The van der Waals surface area contributed by atoms with E-state index in [2.05, 4.69) is 73.9 Å². The van der Waals surface area contributed by atoms with Crippen LogP contribution >= 0.6 is 22.6 Å². The summed E-state index contributed by atoms with van der Waals surface area (Å²) in [5.74, 6) is 0.443. The number of rotatable bonds is 5. The van der Waals surface area contributed by atoms with E-state index in [-0.39, 0.29) is 5.69 Å². The molecule has 132 valence electrons. The maximum Gasteiger partial charge on any atom is 0.287 e. The Bertz CT molecular complexity index is 980. The molecule has 0 amide bonds. The topological polar surface area (TPSA) is 85.3 Å². The molecule has 2 aromatic heterocycles. The largest absolute Gasteiger partial charge is 0.318 e. The normalized spacial score (nSPS) is 11.0. The first-order chi connectivity index (χ1) is 12.5. The van der Waals surface area contributed by atoms with Gasteiger partial charge in [0.15, 0.2) is 0 Å². The first-order valence-electron chi connectivity index (χ1n) is 7.80. The van der Waals surface area contributed by atoms with Gasteiger partial charge in [-0.15, -0.1) is 0 Å². The van der Waals surface area contributed by atoms with Crippen LogP contribution in [0.5, 0.6) is 0 Å². The van der Waals surface area contributed by atoms with Gasteiger partial charge in [0.2, 0.25) is 0 Å². The number of nitro groups is 1. The van der Waals surface area contributed by atoms with Gasteiger partial charge in [-0.25, -0.2) is 4.98 Å². The van der Waals surface area contributed by atoms with E-state index in [1.54, 1.807) is 6.21 Å². The van der Waals surface area contributed by atoms with E-state index in [0.717, 1.165) is 22.6 Å². The highest BCUT2D eigenvalue weighted by molar-refractivity contribution is 14.1. The molecule has 0 unspecified atom stereocenters. The van der Waals surface area contributed by atoms with Gasteiger partial charge in [0.05, 0.1) is 11.1 Å². The second kappa shape index (κ2) is 7.65. The Morgan fingerprint density at radius 3 is 2.73 bits per heavy atom. The third-order valence-electron chi connectivity index (χ3n) is 3.88. The second-order valence-corrected chi connectivity index (χ2v) is 6.92. The van der Waals surface area contributed by atoms with Crippen molar-refractivity contribution in [2.75, 3.05) is 5.43 Å². The number of nitrogens with one attached hydrogen (secondary N) is 1. The first-order valence-corrected chi connectivity index (χ1v) is 8.88. The summed E-state index contributed by atoms with van der Waals surface area (Å²) in [6.45, 7) is 4.09. The Kier molecular flexibility index (Phi) is 5.31. The minimum absolute atomic E-state index is 0.0550. The van der Waals surface area contributed by atoms with Gasteiger partial charge in [-0.2, -0.15) is 5.10 Å². The van der Waals surface area contributed by atoms with E-state index in [9.17, 15) is 10.1 Å². The quantitative estimate of drug-likeness (QED) is 0.263. The molecule has 0 radical (unpaired) electrons. The van der Waals surface area contributed by atoms with Crippen LogP contribution in [0.15, 0.2) is 53.8 Å². The summed E-state index contributed by atoms with van der Waals surface area (Å²) in [7, 11) is 0. The summed E-state index contributed by atoms with van der Waals surface area (Å²) >= 11 is 2.30. The lowest BCUT2D eigenvalue weighted by Crippen LogP contribution is -2.00. The maximum absolute atomic E-state index is 10.6. The SMILES string of the molecule is Cc1cc(C=NNc2ccc([N+](=O)[O-])cn2)c(C)n1-c1cccc(I)c1. The van der Waals surface area contributed by atoms with Crippen LogP contribution in [0.2, 0.25) is 0 Å². The van der Waals surface area contributed by atoms with E-state index in [4.69, 9.17) is 0 Å². The molecule has 0 aliphatic carbocycles. The summed E-state index contributed by atoms with van der Waals surface area (Å²) in [5, 5.41) is 14.8. The van der Waals surface area contributed by atoms with Gasteiger partial charge in [0.25, 0.3) is 5.69 Å². The number of aryl methyl sites for hydroxylation is 1. The van der Waals surface area contributed by atoms with Gasteiger partial charge in [0.1, 0.15) is 12.0 Å². The Morgan fingerprint density at radius 1 is 1.27 bits per heavy atom. The fourth-order valence-corrected chi connectivity index (χ4v) is 3.19. The second-order valence-electron chi connectivity index (χ2n) is 5.67. The van der Waals surface area contributed by atoms with Crippen LogP contribution in [0.3, 0.4) is 0 Å². The molecule has 7 nitrogen and oxygen atoms in total. The zero-order valence-electron chi connectivity index (χ0n) is 14.2. The summed E-state index contributed by atoms with van der Waals surface area (Å²) in [4.78, 5) is 14.1. The van der Waals surface area contributed by atoms with Crippen LogP contribution in [0.25, 0.3) is 5.69 Å². The highest BCUT2D eigenvalue weighted by Gasteiger charge is 2.10. The van der Waals surface area contributed by atoms with E-state index in [0.29, 0.717) is 5.82 Å². The van der Waals surface area contributed by atoms with Crippen molar-refractivity contribution < 1.29 is 4.92 Å². The molecular weight excluding hydrogens is 445 g/mol. The molecule has 0 fully saturated rings. The van der Waals surface area contributed by atoms with Crippen molar-refractivity contribution in [1.82, 2.24) is 9.55 Å². The lowest BCUT2D eigenvalue weighted by Gasteiger charge is -2.09. The average molecular weight is 461 g/mol. The number of hydrogen-bond acceptors (Lipinski definition) is 5. The van der Waals surface area contributed by atoms with E-state index in [1.807, 2.05) is 13.0 Å². The average Bonchev–Trinajstić information content (AvgIpc) is 2.89. The molecule has 0 bridgehead atoms. The van der Waals surface area contributed by atoms with Gasteiger partial charge in [-0.05, 0) is 66.8 Å². The highest BCUT2D eigenvalue weighted by atomic mass is 127. The predicted molar refractivity (Wildman–Crippen MR) is 110 cm³/mol. The molecule has 8 heteroatoms. The molecule has 0 aliphatic rings. The van der Waals surface area contributed by atoms with Gasteiger partial charge in [0, 0.05) is 32.3 Å². The van der Waals surface area contributed by atoms with Crippen LogP contribution in [0.1, 0.15) is 17.0 Å². The molecule has 26 heavy (non-hydrogen) atoms. The van der Waals surface area contributed by atoms with E-state index < -0.39 is 4.92 Å². The third-order valence-corrected chi connectivity index (χ3v) is 4.55. The molecule has 3 rings (SSSR count). The summed E-state index contributed by atoms with van der Waals surface area (Å²) < 4.78 is 3.35. The van der Waals surface area contributed by atoms with Crippen LogP contribution in [0.4, 0.5) is 11.5 Å². The summed E-state index contributed by atoms with van der Waals surface area (Å²) in [6.07, 6.45) is 2.91. The van der Waals surface area contributed by atoms with Gasteiger partial charge < -0.3 is 4.57 Å². The van der Waals surface area contributed by atoms with Gasteiger partial charge >= 0.3 is 0 Å². The first kappa shape index (κ1) is 18.1. The number of halogens is 1. The molecule has 1 N–H and O–H groups in total.